The molecule has 0 radical (unpaired) electrons. The third kappa shape index (κ3) is 4.64. The zero-order valence-electron chi connectivity index (χ0n) is 9.63. The molecule has 0 aromatic rings. The summed E-state index contributed by atoms with van der Waals surface area (Å²) in [4.78, 5) is 22.1. The van der Waals surface area contributed by atoms with Crippen molar-refractivity contribution in [3.8, 4) is 0 Å². The smallest absolute Gasteiger partial charge is 0.345 e. The van der Waals surface area contributed by atoms with Crippen LogP contribution in [-0.2, 0) is 14.3 Å². The SMILES string of the molecule is C[C@H](N)C(=O)OC(=O)[C@H](O)[C@@H](O)[C@H](O)[C@H](O)CO. The molecule has 0 aromatic heterocycles. The third-order valence-electron chi connectivity index (χ3n) is 2.07. The van der Waals surface area contributed by atoms with E-state index in [1.54, 1.807) is 0 Å². The normalized spacial score (nSPS) is 19.5. The number of aliphatic hydroxyl groups is 5. The minimum atomic E-state index is -2.26. The van der Waals surface area contributed by atoms with Crippen molar-refractivity contribution in [3.63, 3.8) is 0 Å². The lowest BCUT2D eigenvalue weighted by molar-refractivity contribution is -0.177. The molecule has 0 heterocycles. The van der Waals surface area contributed by atoms with Crippen molar-refractivity contribution in [2.45, 2.75) is 37.4 Å². The quantitative estimate of drug-likeness (QED) is 0.206. The van der Waals surface area contributed by atoms with Gasteiger partial charge in [0.2, 0.25) is 0 Å². The predicted molar refractivity (Wildman–Crippen MR) is 55.9 cm³/mol. The minimum absolute atomic E-state index is 0.890. The Balaban J connectivity index is 4.50. The number of esters is 2. The van der Waals surface area contributed by atoms with Gasteiger partial charge in [0.1, 0.15) is 24.4 Å². The zero-order valence-corrected chi connectivity index (χ0v) is 9.63. The van der Waals surface area contributed by atoms with Crippen LogP contribution in [0, 0.1) is 0 Å². The monoisotopic (exact) mass is 267 g/mol. The molecule has 0 aromatic carbocycles. The first-order valence-electron chi connectivity index (χ1n) is 5.06. The fraction of sp³-hybridized carbons (Fsp3) is 0.778. The van der Waals surface area contributed by atoms with Gasteiger partial charge in [-0.1, -0.05) is 0 Å². The van der Waals surface area contributed by atoms with Crippen molar-refractivity contribution < 1.29 is 39.9 Å². The molecule has 18 heavy (non-hydrogen) atoms. The van der Waals surface area contributed by atoms with Gasteiger partial charge in [0.05, 0.1) is 6.61 Å². The number of carbonyl (C=O) groups excluding carboxylic acids is 2. The Bertz CT molecular complexity index is 294. The van der Waals surface area contributed by atoms with E-state index in [0.29, 0.717) is 0 Å². The number of hydrogen-bond acceptors (Lipinski definition) is 9. The summed E-state index contributed by atoms with van der Waals surface area (Å²) in [6, 6.07) is -1.11. The van der Waals surface area contributed by atoms with Crippen molar-refractivity contribution >= 4 is 11.9 Å². The molecule has 0 rings (SSSR count). The number of ether oxygens (including phenoxy) is 1. The van der Waals surface area contributed by atoms with Gasteiger partial charge in [0, 0.05) is 0 Å². The van der Waals surface area contributed by atoms with Crippen molar-refractivity contribution in [1.82, 2.24) is 0 Å². The van der Waals surface area contributed by atoms with Gasteiger partial charge >= 0.3 is 11.9 Å². The molecule has 0 fully saturated rings. The summed E-state index contributed by atoms with van der Waals surface area (Å²) >= 11 is 0. The van der Waals surface area contributed by atoms with Gasteiger partial charge in [-0.05, 0) is 6.92 Å². The summed E-state index contributed by atoms with van der Waals surface area (Å²) in [6.07, 6.45) is -8.13. The van der Waals surface area contributed by atoms with Crippen LogP contribution in [0.1, 0.15) is 6.92 Å². The largest absolute Gasteiger partial charge is 0.394 e. The van der Waals surface area contributed by atoms with Crippen LogP contribution >= 0.6 is 0 Å². The summed E-state index contributed by atoms with van der Waals surface area (Å²) in [5.74, 6) is -2.64. The average molecular weight is 267 g/mol. The number of aliphatic hydroxyl groups excluding tert-OH is 5. The fourth-order valence-corrected chi connectivity index (χ4v) is 0.914. The molecule has 9 nitrogen and oxygen atoms in total. The Morgan fingerprint density at radius 2 is 1.61 bits per heavy atom. The molecular formula is C9H17NO8. The lowest BCUT2D eigenvalue weighted by Crippen LogP contribution is -2.50. The average Bonchev–Trinajstić information content (AvgIpc) is 2.34. The number of hydrogen-bond donors (Lipinski definition) is 6. The molecule has 0 unspecified atom stereocenters. The van der Waals surface area contributed by atoms with Gasteiger partial charge in [0.25, 0.3) is 0 Å². The first-order valence-corrected chi connectivity index (χ1v) is 5.06. The van der Waals surface area contributed by atoms with E-state index in [4.69, 9.17) is 15.9 Å². The second kappa shape index (κ2) is 7.36. The van der Waals surface area contributed by atoms with Crippen LogP contribution in [0.2, 0.25) is 0 Å². The predicted octanol–water partition coefficient (Wildman–Crippen LogP) is -4.16. The molecule has 9 heteroatoms. The standard InChI is InChI=1S/C9H17NO8/c1-3(10)8(16)18-9(17)7(15)6(14)5(13)4(12)2-11/h3-7,11-15H,2,10H2,1H3/t3-,4+,5+,6-,7+/m0/s1. The van der Waals surface area contributed by atoms with Gasteiger partial charge in [-0.3, -0.25) is 0 Å². The Morgan fingerprint density at radius 1 is 1.11 bits per heavy atom. The van der Waals surface area contributed by atoms with Gasteiger partial charge in [-0.15, -0.1) is 0 Å². The first-order chi connectivity index (χ1) is 8.22. The maximum absolute atomic E-state index is 11.2. The molecule has 106 valence electrons. The van der Waals surface area contributed by atoms with E-state index in [1.807, 2.05) is 0 Å². The fourth-order valence-electron chi connectivity index (χ4n) is 0.914. The van der Waals surface area contributed by atoms with E-state index in [2.05, 4.69) is 4.74 Å². The van der Waals surface area contributed by atoms with E-state index < -0.39 is 49.0 Å². The van der Waals surface area contributed by atoms with E-state index in [0.717, 1.165) is 0 Å². The number of rotatable bonds is 6. The molecule has 0 saturated heterocycles. The van der Waals surface area contributed by atoms with Crippen molar-refractivity contribution in [3.05, 3.63) is 0 Å². The van der Waals surface area contributed by atoms with Crippen molar-refractivity contribution in [2.75, 3.05) is 6.61 Å². The van der Waals surface area contributed by atoms with Gasteiger partial charge in [-0.25, -0.2) is 9.59 Å². The Morgan fingerprint density at radius 3 is 2.00 bits per heavy atom. The molecule has 0 amide bonds. The van der Waals surface area contributed by atoms with Crippen LogP contribution in [0.5, 0.6) is 0 Å². The molecule has 0 aliphatic rings. The summed E-state index contributed by atoms with van der Waals surface area (Å²) in [7, 11) is 0. The maximum atomic E-state index is 11.2. The minimum Gasteiger partial charge on any atom is -0.394 e. The summed E-state index contributed by atoms with van der Waals surface area (Å²) in [6.45, 7) is 0.349. The Hall–Kier alpha value is -1.10. The van der Waals surface area contributed by atoms with Crippen LogP contribution < -0.4 is 5.73 Å². The van der Waals surface area contributed by atoms with E-state index in [9.17, 15) is 24.9 Å². The van der Waals surface area contributed by atoms with Crippen LogP contribution in [0.3, 0.4) is 0 Å². The van der Waals surface area contributed by atoms with Crippen LogP contribution in [0.4, 0.5) is 0 Å². The van der Waals surface area contributed by atoms with Crippen LogP contribution in [0.25, 0.3) is 0 Å². The molecule has 0 spiro atoms. The first kappa shape index (κ1) is 16.9. The van der Waals surface area contributed by atoms with Crippen LogP contribution in [0.15, 0.2) is 0 Å². The highest BCUT2D eigenvalue weighted by Gasteiger charge is 2.36. The highest BCUT2D eigenvalue weighted by Crippen LogP contribution is 2.07. The molecule has 0 aliphatic heterocycles. The zero-order chi connectivity index (χ0) is 14.5. The lowest BCUT2D eigenvalue weighted by atomic mass is 10.0. The molecule has 0 bridgehead atoms. The molecule has 5 atom stereocenters. The Labute approximate surface area is 102 Å². The summed E-state index contributed by atoms with van der Waals surface area (Å²) in [5.41, 5.74) is 5.10. The lowest BCUT2D eigenvalue weighted by Gasteiger charge is -2.24. The maximum Gasteiger partial charge on any atom is 0.345 e. The Kier molecular flexibility index (Phi) is 6.91. The second-order valence-electron chi connectivity index (χ2n) is 3.70. The third-order valence-corrected chi connectivity index (χ3v) is 2.07. The number of nitrogens with two attached hydrogens (primary N) is 1. The van der Waals surface area contributed by atoms with Crippen LogP contribution in [-0.4, -0.2) is 74.5 Å². The van der Waals surface area contributed by atoms with Gasteiger partial charge < -0.3 is 36.0 Å². The van der Waals surface area contributed by atoms with Gasteiger partial charge in [0.15, 0.2) is 6.10 Å². The number of carbonyl (C=O) groups is 2. The summed E-state index contributed by atoms with van der Waals surface area (Å²) < 4.78 is 4.09. The molecule has 0 saturated carbocycles. The topological polar surface area (TPSA) is 171 Å². The molecular weight excluding hydrogens is 250 g/mol. The summed E-state index contributed by atoms with van der Waals surface area (Å²) in [5, 5.41) is 45.3. The highest BCUT2D eigenvalue weighted by atomic mass is 16.6. The van der Waals surface area contributed by atoms with E-state index in [-0.39, 0.29) is 0 Å². The van der Waals surface area contributed by atoms with Crippen molar-refractivity contribution in [1.29, 1.82) is 0 Å². The van der Waals surface area contributed by atoms with E-state index >= 15 is 0 Å². The van der Waals surface area contributed by atoms with Gasteiger partial charge in [-0.2, -0.15) is 0 Å². The van der Waals surface area contributed by atoms with E-state index in [1.165, 1.54) is 6.92 Å². The second-order valence-corrected chi connectivity index (χ2v) is 3.70. The highest BCUT2D eigenvalue weighted by molar-refractivity contribution is 5.90. The van der Waals surface area contributed by atoms with Crippen molar-refractivity contribution in [2.24, 2.45) is 5.73 Å². The molecule has 7 N–H and O–H groups in total. The molecule has 0 aliphatic carbocycles.